The minimum atomic E-state index is 0.487. The van der Waals surface area contributed by atoms with E-state index in [0.717, 1.165) is 25.4 Å². The predicted molar refractivity (Wildman–Crippen MR) is 74.3 cm³/mol. The summed E-state index contributed by atoms with van der Waals surface area (Å²) in [6, 6.07) is 0.645. The Morgan fingerprint density at radius 2 is 2.24 bits per heavy atom. The third-order valence-electron chi connectivity index (χ3n) is 3.97. The largest absolute Gasteiger partial charge is 0.378 e. The van der Waals surface area contributed by atoms with E-state index in [1.165, 1.54) is 32.1 Å². The molecule has 3 unspecified atom stereocenters. The first-order valence-corrected chi connectivity index (χ1v) is 7.23. The molecule has 0 aliphatic carbocycles. The van der Waals surface area contributed by atoms with Gasteiger partial charge in [0, 0.05) is 18.6 Å². The maximum Gasteiger partial charge on any atom is 0.0616 e. The first-order valence-electron chi connectivity index (χ1n) is 7.23. The van der Waals surface area contributed by atoms with Gasteiger partial charge in [0.2, 0.25) is 0 Å². The summed E-state index contributed by atoms with van der Waals surface area (Å²) >= 11 is 0. The van der Waals surface area contributed by atoms with Crippen molar-refractivity contribution in [3.05, 3.63) is 12.7 Å². The molecule has 0 aromatic carbocycles. The third kappa shape index (κ3) is 4.81. The van der Waals surface area contributed by atoms with Gasteiger partial charge in [-0.2, -0.15) is 0 Å². The lowest BCUT2D eigenvalue weighted by Crippen LogP contribution is -2.37. The summed E-state index contributed by atoms with van der Waals surface area (Å²) in [5.41, 5.74) is 0. The average Bonchev–Trinajstić information content (AvgIpc) is 2.82. The summed E-state index contributed by atoms with van der Waals surface area (Å²) in [7, 11) is 2.10. The minimum Gasteiger partial charge on any atom is -0.378 e. The molecule has 3 atom stereocenters. The number of rotatable bonds is 9. The van der Waals surface area contributed by atoms with Crippen LogP contribution in [-0.2, 0) is 4.74 Å². The van der Waals surface area contributed by atoms with Crippen LogP contribution in [0.3, 0.4) is 0 Å². The molecule has 0 spiro atoms. The maximum absolute atomic E-state index is 5.79. The van der Waals surface area contributed by atoms with E-state index in [9.17, 15) is 0 Å². The van der Waals surface area contributed by atoms with E-state index in [2.05, 4.69) is 25.9 Å². The van der Waals surface area contributed by atoms with E-state index in [1.54, 1.807) is 0 Å². The summed E-state index contributed by atoms with van der Waals surface area (Å²) < 4.78 is 5.79. The van der Waals surface area contributed by atoms with Crippen molar-refractivity contribution in [3.63, 3.8) is 0 Å². The Morgan fingerprint density at radius 1 is 1.41 bits per heavy atom. The van der Waals surface area contributed by atoms with Crippen LogP contribution in [0.15, 0.2) is 12.7 Å². The van der Waals surface area contributed by atoms with E-state index >= 15 is 0 Å². The molecular formula is C15H29NO. The van der Waals surface area contributed by atoms with Crippen LogP contribution in [0.5, 0.6) is 0 Å². The molecule has 1 fully saturated rings. The molecule has 2 nitrogen and oxygen atoms in total. The number of allylic oxidation sites excluding steroid dienone is 1. The highest BCUT2D eigenvalue weighted by Crippen LogP contribution is 2.28. The van der Waals surface area contributed by atoms with E-state index in [1.807, 2.05) is 6.08 Å². The molecule has 1 heterocycles. The van der Waals surface area contributed by atoms with Crippen molar-refractivity contribution in [1.29, 1.82) is 0 Å². The number of unbranched alkanes of at least 4 members (excludes halogenated alkanes) is 3. The van der Waals surface area contributed by atoms with E-state index in [-0.39, 0.29) is 0 Å². The molecule has 0 aromatic heterocycles. The van der Waals surface area contributed by atoms with Crippen molar-refractivity contribution in [2.45, 2.75) is 64.0 Å². The van der Waals surface area contributed by atoms with Crippen LogP contribution in [0, 0.1) is 5.92 Å². The van der Waals surface area contributed by atoms with Crippen LogP contribution in [-0.4, -0.2) is 25.8 Å². The topological polar surface area (TPSA) is 21.3 Å². The fourth-order valence-electron chi connectivity index (χ4n) is 2.95. The molecular weight excluding hydrogens is 210 g/mol. The van der Waals surface area contributed by atoms with Crippen molar-refractivity contribution >= 4 is 0 Å². The van der Waals surface area contributed by atoms with Gasteiger partial charge in [-0.1, -0.05) is 25.8 Å². The van der Waals surface area contributed by atoms with Gasteiger partial charge in [0.1, 0.15) is 0 Å². The first kappa shape index (κ1) is 14.7. The third-order valence-corrected chi connectivity index (χ3v) is 3.97. The Balaban J connectivity index is 2.24. The van der Waals surface area contributed by atoms with Crippen LogP contribution < -0.4 is 5.32 Å². The van der Waals surface area contributed by atoms with E-state index in [0.29, 0.717) is 12.1 Å². The van der Waals surface area contributed by atoms with Crippen molar-refractivity contribution in [2.24, 2.45) is 5.92 Å². The molecule has 1 aliphatic rings. The normalized spacial score (nSPS) is 26.0. The lowest BCUT2D eigenvalue weighted by molar-refractivity contribution is 0.0770. The quantitative estimate of drug-likeness (QED) is 0.491. The summed E-state index contributed by atoms with van der Waals surface area (Å²) in [5, 5.41) is 3.50. The second kappa shape index (κ2) is 8.71. The summed E-state index contributed by atoms with van der Waals surface area (Å²) in [4.78, 5) is 0. The summed E-state index contributed by atoms with van der Waals surface area (Å²) in [6.45, 7) is 6.96. The van der Waals surface area contributed by atoms with Crippen molar-refractivity contribution in [2.75, 3.05) is 13.7 Å². The number of nitrogens with one attached hydrogen (secondary N) is 1. The fourth-order valence-corrected chi connectivity index (χ4v) is 2.95. The van der Waals surface area contributed by atoms with Gasteiger partial charge in [-0.05, 0) is 39.2 Å². The average molecular weight is 239 g/mol. The molecule has 1 rings (SSSR count). The first-order chi connectivity index (χ1) is 8.33. The van der Waals surface area contributed by atoms with Gasteiger partial charge in [-0.25, -0.2) is 0 Å². The Morgan fingerprint density at radius 3 is 2.88 bits per heavy atom. The lowest BCUT2D eigenvalue weighted by Gasteiger charge is -2.26. The lowest BCUT2D eigenvalue weighted by atomic mass is 9.88. The molecule has 0 radical (unpaired) electrons. The SMILES string of the molecule is C=CCCCCCC(NC)C1CCOC1CC. The highest BCUT2D eigenvalue weighted by atomic mass is 16.5. The molecule has 0 amide bonds. The van der Waals surface area contributed by atoms with Gasteiger partial charge >= 0.3 is 0 Å². The summed E-state index contributed by atoms with van der Waals surface area (Å²) in [5.74, 6) is 0.726. The fraction of sp³-hybridized carbons (Fsp3) is 0.867. The molecule has 1 N–H and O–H groups in total. The molecule has 0 aromatic rings. The zero-order chi connectivity index (χ0) is 12.5. The standard InChI is InChI=1S/C15H29NO/c1-4-6-7-8-9-10-14(16-3)13-11-12-17-15(13)5-2/h4,13-16H,1,5-12H2,2-3H3. The Bertz CT molecular complexity index is 205. The number of ether oxygens (including phenoxy) is 1. The second-order valence-corrected chi connectivity index (χ2v) is 5.09. The van der Waals surface area contributed by atoms with Gasteiger partial charge in [-0.15, -0.1) is 6.58 Å². The molecule has 0 bridgehead atoms. The van der Waals surface area contributed by atoms with Crippen LogP contribution in [0.4, 0.5) is 0 Å². The van der Waals surface area contributed by atoms with Crippen molar-refractivity contribution < 1.29 is 4.74 Å². The molecule has 100 valence electrons. The Hall–Kier alpha value is -0.340. The van der Waals surface area contributed by atoms with Gasteiger partial charge < -0.3 is 10.1 Å². The highest BCUT2D eigenvalue weighted by molar-refractivity contribution is 4.85. The smallest absolute Gasteiger partial charge is 0.0616 e. The number of hydrogen-bond donors (Lipinski definition) is 1. The van der Waals surface area contributed by atoms with Crippen LogP contribution in [0.2, 0.25) is 0 Å². The summed E-state index contributed by atoms with van der Waals surface area (Å²) in [6.07, 6.45) is 11.3. The zero-order valence-electron chi connectivity index (χ0n) is 11.6. The van der Waals surface area contributed by atoms with Crippen LogP contribution in [0.25, 0.3) is 0 Å². The van der Waals surface area contributed by atoms with Gasteiger partial charge in [0.05, 0.1) is 6.10 Å². The molecule has 17 heavy (non-hydrogen) atoms. The predicted octanol–water partition coefficient (Wildman–Crippen LogP) is 3.53. The minimum absolute atomic E-state index is 0.487. The van der Waals surface area contributed by atoms with Gasteiger partial charge in [0.25, 0.3) is 0 Å². The highest BCUT2D eigenvalue weighted by Gasteiger charge is 2.32. The van der Waals surface area contributed by atoms with Crippen molar-refractivity contribution in [3.8, 4) is 0 Å². The van der Waals surface area contributed by atoms with Gasteiger partial charge in [0.15, 0.2) is 0 Å². The van der Waals surface area contributed by atoms with E-state index < -0.39 is 0 Å². The zero-order valence-corrected chi connectivity index (χ0v) is 11.6. The molecule has 2 heteroatoms. The second-order valence-electron chi connectivity index (χ2n) is 5.09. The van der Waals surface area contributed by atoms with Gasteiger partial charge in [-0.3, -0.25) is 0 Å². The Labute approximate surface area is 107 Å². The monoisotopic (exact) mass is 239 g/mol. The molecule has 0 saturated carbocycles. The maximum atomic E-state index is 5.79. The molecule has 1 aliphatic heterocycles. The Kier molecular flexibility index (Phi) is 7.54. The van der Waals surface area contributed by atoms with Crippen LogP contribution >= 0.6 is 0 Å². The van der Waals surface area contributed by atoms with E-state index in [4.69, 9.17) is 4.74 Å². The number of hydrogen-bond acceptors (Lipinski definition) is 2. The van der Waals surface area contributed by atoms with Crippen LogP contribution in [0.1, 0.15) is 51.9 Å². The molecule has 1 saturated heterocycles. The van der Waals surface area contributed by atoms with Crippen molar-refractivity contribution in [1.82, 2.24) is 5.32 Å².